The Bertz CT molecular complexity index is 872. The molecule has 3 N–H and O–H groups in total. The van der Waals surface area contributed by atoms with Gasteiger partial charge in [0.25, 0.3) is 5.56 Å². The Morgan fingerprint density at radius 3 is 2.54 bits per heavy atom. The van der Waals surface area contributed by atoms with Crippen LogP contribution in [0.25, 0.3) is 11.2 Å². The third kappa shape index (κ3) is 5.47. The maximum absolute atomic E-state index is 11.8. The summed E-state index contributed by atoms with van der Waals surface area (Å²) in [5, 5.41) is 2.74. The molecule has 0 aliphatic rings. The van der Waals surface area contributed by atoms with Gasteiger partial charge < -0.3 is 14.6 Å². The summed E-state index contributed by atoms with van der Waals surface area (Å²) >= 11 is 0. The van der Waals surface area contributed by atoms with Gasteiger partial charge in [-0.1, -0.05) is 12.8 Å². The highest BCUT2D eigenvalue weighted by Crippen LogP contribution is 2.11. The van der Waals surface area contributed by atoms with E-state index in [1.54, 1.807) is 11.6 Å². The molecule has 0 atom stereocenters. The molecule has 2 heterocycles. The zero-order valence-electron chi connectivity index (χ0n) is 15.8. The molecule has 1 amide bonds. The van der Waals surface area contributed by atoms with Gasteiger partial charge in [-0.3, -0.25) is 14.8 Å². The molecule has 0 fully saturated rings. The summed E-state index contributed by atoms with van der Waals surface area (Å²) in [6, 6.07) is 0. The van der Waals surface area contributed by atoms with Crippen LogP contribution >= 0.6 is 0 Å². The molecule has 0 saturated carbocycles. The molecule has 9 heteroatoms. The number of aromatic amines is 2. The van der Waals surface area contributed by atoms with E-state index in [0.717, 1.165) is 31.5 Å². The summed E-state index contributed by atoms with van der Waals surface area (Å²) in [6.45, 7) is 6.07. The third-order valence-electron chi connectivity index (χ3n) is 3.86. The Balaban J connectivity index is 1.72. The second-order valence-electron chi connectivity index (χ2n) is 7.29. The number of amides is 1. The molecule has 2 aromatic heterocycles. The van der Waals surface area contributed by atoms with Gasteiger partial charge in [0, 0.05) is 20.0 Å². The smallest absolute Gasteiger partial charge is 0.407 e. The van der Waals surface area contributed by atoms with Gasteiger partial charge in [0.1, 0.15) is 11.4 Å². The molecule has 0 aliphatic carbocycles. The van der Waals surface area contributed by atoms with E-state index < -0.39 is 22.9 Å². The Hall–Kier alpha value is -2.58. The molecule has 0 aliphatic heterocycles. The van der Waals surface area contributed by atoms with E-state index in [-0.39, 0.29) is 0 Å². The first-order valence-corrected chi connectivity index (χ1v) is 8.82. The first kappa shape index (κ1) is 19.7. The number of fused-ring (bicyclic) bond motifs is 1. The minimum absolute atomic E-state index is 0.317. The number of carbonyl (C=O) groups is 1. The average Bonchev–Trinajstić information content (AvgIpc) is 2.80. The predicted molar refractivity (Wildman–Crippen MR) is 98.4 cm³/mol. The topological polar surface area (TPSA) is 122 Å². The fraction of sp³-hybridized carbons (Fsp3) is 0.647. The summed E-state index contributed by atoms with van der Waals surface area (Å²) in [5.41, 5.74) is -0.774. The van der Waals surface area contributed by atoms with Crippen molar-refractivity contribution in [3.05, 3.63) is 26.7 Å². The minimum atomic E-state index is -0.551. The van der Waals surface area contributed by atoms with E-state index >= 15 is 0 Å². The van der Waals surface area contributed by atoms with Crippen LogP contribution in [0.2, 0.25) is 0 Å². The zero-order valence-corrected chi connectivity index (χ0v) is 15.8. The van der Waals surface area contributed by atoms with Crippen LogP contribution in [0.5, 0.6) is 0 Å². The summed E-state index contributed by atoms with van der Waals surface area (Å²) < 4.78 is 6.89. The Kier molecular flexibility index (Phi) is 6.23. The molecule has 2 aromatic rings. The van der Waals surface area contributed by atoms with Gasteiger partial charge in [-0.25, -0.2) is 14.6 Å². The molecule has 2 rings (SSSR count). The van der Waals surface area contributed by atoms with Crippen molar-refractivity contribution >= 4 is 17.3 Å². The van der Waals surface area contributed by atoms with E-state index in [1.165, 1.54) is 0 Å². The van der Waals surface area contributed by atoms with E-state index in [9.17, 15) is 14.4 Å². The van der Waals surface area contributed by atoms with Crippen LogP contribution in [0, 0.1) is 0 Å². The van der Waals surface area contributed by atoms with Gasteiger partial charge in [-0.05, 0) is 33.6 Å². The standard InChI is InChI=1S/C17H27N5O4/c1-17(2,3)26-16(25)18-10-8-6-5-7-9-11-19-13-12(22(11)4)14(23)21-15(24)20-13/h5-10H2,1-4H3,(H,18,25)(H2,20,21,23,24). The fourth-order valence-corrected chi connectivity index (χ4v) is 2.68. The molecule has 0 saturated heterocycles. The van der Waals surface area contributed by atoms with E-state index in [4.69, 9.17) is 4.74 Å². The predicted octanol–water partition coefficient (Wildman–Crippen LogP) is 1.58. The van der Waals surface area contributed by atoms with Gasteiger partial charge in [-0.15, -0.1) is 0 Å². The number of imidazole rings is 1. The first-order valence-electron chi connectivity index (χ1n) is 8.82. The summed E-state index contributed by atoms with van der Waals surface area (Å²) in [4.78, 5) is 43.8. The minimum Gasteiger partial charge on any atom is -0.444 e. The van der Waals surface area contributed by atoms with Crippen molar-refractivity contribution in [1.29, 1.82) is 0 Å². The Morgan fingerprint density at radius 1 is 1.15 bits per heavy atom. The molecule has 0 unspecified atom stereocenters. The van der Waals surface area contributed by atoms with Crippen molar-refractivity contribution in [2.24, 2.45) is 7.05 Å². The molecular weight excluding hydrogens is 338 g/mol. The Morgan fingerprint density at radius 2 is 1.85 bits per heavy atom. The van der Waals surface area contributed by atoms with Crippen LogP contribution < -0.4 is 16.6 Å². The number of nitrogens with one attached hydrogen (secondary N) is 3. The zero-order chi connectivity index (χ0) is 19.3. The van der Waals surface area contributed by atoms with Crippen LogP contribution in [-0.2, 0) is 18.2 Å². The van der Waals surface area contributed by atoms with Crippen molar-refractivity contribution in [3.8, 4) is 0 Å². The SMILES string of the molecule is Cn1c(CCCCCCNC(=O)OC(C)(C)C)nc2[nH]c(=O)[nH]c(=O)c21. The van der Waals surface area contributed by atoms with Crippen LogP contribution in [0.1, 0.15) is 52.3 Å². The lowest BCUT2D eigenvalue weighted by Crippen LogP contribution is -2.32. The van der Waals surface area contributed by atoms with Crippen molar-refractivity contribution in [3.63, 3.8) is 0 Å². The van der Waals surface area contributed by atoms with E-state index in [0.29, 0.717) is 24.1 Å². The summed E-state index contributed by atoms with van der Waals surface area (Å²) in [5.74, 6) is 0.763. The van der Waals surface area contributed by atoms with E-state index in [2.05, 4.69) is 20.3 Å². The maximum Gasteiger partial charge on any atom is 0.407 e. The van der Waals surface area contributed by atoms with Crippen molar-refractivity contribution in [2.45, 2.75) is 58.5 Å². The maximum atomic E-state index is 11.8. The van der Waals surface area contributed by atoms with Gasteiger partial charge in [0.2, 0.25) is 0 Å². The number of ether oxygens (including phenoxy) is 1. The monoisotopic (exact) mass is 365 g/mol. The van der Waals surface area contributed by atoms with Gasteiger partial charge in [0.15, 0.2) is 11.2 Å². The molecule has 0 aromatic carbocycles. The lowest BCUT2D eigenvalue weighted by atomic mass is 10.1. The number of aromatic nitrogens is 4. The number of unbranched alkanes of at least 4 members (excludes halogenated alkanes) is 3. The molecule has 0 radical (unpaired) electrons. The number of carbonyl (C=O) groups excluding carboxylic acids is 1. The van der Waals surface area contributed by atoms with Crippen LogP contribution in [0.3, 0.4) is 0 Å². The second-order valence-corrected chi connectivity index (χ2v) is 7.29. The van der Waals surface area contributed by atoms with Crippen LogP contribution in [0.15, 0.2) is 9.59 Å². The number of hydrogen-bond donors (Lipinski definition) is 3. The van der Waals surface area contributed by atoms with Crippen molar-refractivity contribution in [1.82, 2.24) is 24.8 Å². The number of aryl methyl sites for hydroxylation is 2. The summed E-state index contributed by atoms with van der Waals surface area (Å²) in [6.07, 6.45) is 4.05. The summed E-state index contributed by atoms with van der Waals surface area (Å²) in [7, 11) is 1.77. The molecule has 0 spiro atoms. The number of rotatable bonds is 7. The van der Waals surface area contributed by atoms with Crippen LogP contribution in [0.4, 0.5) is 4.79 Å². The largest absolute Gasteiger partial charge is 0.444 e. The number of alkyl carbamates (subject to hydrolysis) is 1. The second kappa shape index (κ2) is 8.20. The highest BCUT2D eigenvalue weighted by atomic mass is 16.6. The number of H-pyrrole nitrogens is 2. The van der Waals surface area contributed by atoms with Gasteiger partial charge in [-0.2, -0.15) is 0 Å². The van der Waals surface area contributed by atoms with Crippen LogP contribution in [-0.4, -0.2) is 37.8 Å². The normalized spacial score (nSPS) is 11.7. The lowest BCUT2D eigenvalue weighted by Gasteiger charge is -2.19. The van der Waals surface area contributed by atoms with Gasteiger partial charge >= 0.3 is 11.8 Å². The average molecular weight is 365 g/mol. The quantitative estimate of drug-likeness (QED) is 0.643. The number of nitrogens with zero attached hydrogens (tertiary/aromatic N) is 2. The Labute approximate surface area is 151 Å². The molecular formula is C17H27N5O4. The van der Waals surface area contributed by atoms with Crippen molar-refractivity contribution in [2.75, 3.05) is 6.54 Å². The van der Waals surface area contributed by atoms with Gasteiger partial charge in [0.05, 0.1) is 0 Å². The molecule has 144 valence electrons. The third-order valence-corrected chi connectivity index (χ3v) is 3.86. The molecule has 0 bridgehead atoms. The van der Waals surface area contributed by atoms with Crippen molar-refractivity contribution < 1.29 is 9.53 Å². The molecule has 26 heavy (non-hydrogen) atoms. The van der Waals surface area contributed by atoms with E-state index in [1.807, 2.05) is 20.8 Å². The first-order chi connectivity index (χ1) is 12.2. The fourth-order valence-electron chi connectivity index (χ4n) is 2.68. The lowest BCUT2D eigenvalue weighted by molar-refractivity contribution is 0.0527. The number of hydrogen-bond acceptors (Lipinski definition) is 5. The highest BCUT2D eigenvalue weighted by molar-refractivity contribution is 5.69. The molecule has 9 nitrogen and oxygen atoms in total. The highest BCUT2D eigenvalue weighted by Gasteiger charge is 2.15.